The number of amides is 1. The zero-order valence-electron chi connectivity index (χ0n) is 12.0. The number of para-hydroxylation sites is 2. The van der Waals surface area contributed by atoms with Crippen LogP contribution in [0.4, 0.5) is 0 Å². The number of hydrogen-bond donors (Lipinski definition) is 2. The summed E-state index contributed by atoms with van der Waals surface area (Å²) in [6.07, 6.45) is 2.89. The Hall–Kier alpha value is -2.37. The van der Waals surface area contributed by atoms with Crippen molar-refractivity contribution >= 4 is 22.9 Å². The molecule has 1 heterocycles. The highest BCUT2D eigenvalue weighted by Gasteiger charge is 2.10. The van der Waals surface area contributed by atoms with Gasteiger partial charge >= 0.3 is 5.97 Å². The second kappa shape index (κ2) is 7.42. The molecule has 0 atom stereocenters. The van der Waals surface area contributed by atoms with Gasteiger partial charge in [0.1, 0.15) is 0 Å². The highest BCUT2D eigenvalue weighted by Crippen LogP contribution is 2.10. The molecule has 0 aliphatic rings. The molecule has 0 unspecified atom stereocenters. The molecule has 6 heteroatoms. The summed E-state index contributed by atoms with van der Waals surface area (Å²) in [5, 5.41) is 2.81. The molecule has 2 aromatic rings. The first-order chi connectivity index (χ1) is 10.2. The number of carbonyl (C=O) groups is 2. The molecule has 21 heavy (non-hydrogen) atoms. The lowest BCUT2D eigenvalue weighted by molar-refractivity contribution is -0.140. The Balaban J connectivity index is 1.71. The third kappa shape index (κ3) is 4.30. The Kier molecular flexibility index (Phi) is 5.31. The molecule has 0 radical (unpaired) electrons. The third-order valence-electron chi connectivity index (χ3n) is 3.18. The maximum absolute atomic E-state index is 11.9. The van der Waals surface area contributed by atoms with Crippen molar-refractivity contribution in [1.29, 1.82) is 0 Å². The summed E-state index contributed by atoms with van der Waals surface area (Å²) in [6.45, 7) is 0.567. The van der Waals surface area contributed by atoms with E-state index in [0.717, 1.165) is 30.3 Å². The molecule has 0 spiro atoms. The predicted molar refractivity (Wildman–Crippen MR) is 78.9 cm³/mol. The first-order valence-corrected chi connectivity index (χ1v) is 7.00. The van der Waals surface area contributed by atoms with Crippen LogP contribution in [0.2, 0.25) is 0 Å². The summed E-state index contributed by atoms with van der Waals surface area (Å²) in [4.78, 5) is 30.1. The highest BCUT2D eigenvalue weighted by atomic mass is 16.5. The minimum Gasteiger partial charge on any atom is -0.469 e. The SMILES string of the molecule is COC(=O)CCCCCNC(=O)c1nc2ccccc2[nH]1. The summed E-state index contributed by atoms with van der Waals surface area (Å²) in [7, 11) is 1.38. The summed E-state index contributed by atoms with van der Waals surface area (Å²) in [5.74, 6) is -0.0776. The molecular weight excluding hydrogens is 270 g/mol. The molecule has 6 nitrogen and oxygen atoms in total. The van der Waals surface area contributed by atoms with Crippen LogP contribution in [-0.4, -0.2) is 35.5 Å². The Bertz CT molecular complexity index is 588. The second-order valence-electron chi connectivity index (χ2n) is 4.75. The van der Waals surface area contributed by atoms with Gasteiger partial charge in [-0.3, -0.25) is 9.59 Å². The molecule has 1 aromatic heterocycles. The topological polar surface area (TPSA) is 84.1 Å². The van der Waals surface area contributed by atoms with Crippen LogP contribution in [-0.2, 0) is 9.53 Å². The summed E-state index contributed by atoms with van der Waals surface area (Å²) >= 11 is 0. The number of imidazole rings is 1. The van der Waals surface area contributed by atoms with Gasteiger partial charge in [0.25, 0.3) is 5.91 Å². The lowest BCUT2D eigenvalue weighted by Gasteiger charge is -2.03. The number of nitrogens with one attached hydrogen (secondary N) is 2. The van der Waals surface area contributed by atoms with E-state index >= 15 is 0 Å². The molecule has 2 rings (SSSR count). The maximum Gasteiger partial charge on any atom is 0.305 e. The molecule has 0 bridgehead atoms. The van der Waals surface area contributed by atoms with Crippen LogP contribution >= 0.6 is 0 Å². The van der Waals surface area contributed by atoms with Crippen molar-refractivity contribution in [2.45, 2.75) is 25.7 Å². The lowest BCUT2D eigenvalue weighted by atomic mass is 10.2. The van der Waals surface area contributed by atoms with Crippen molar-refractivity contribution in [3.05, 3.63) is 30.1 Å². The Morgan fingerprint density at radius 3 is 2.81 bits per heavy atom. The molecule has 2 N–H and O–H groups in total. The third-order valence-corrected chi connectivity index (χ3v) is 3.18. The van der Waals surface area contributed by atoms with E-state index in [-0.39, 0.29) is 11.9 Å². The normalized spacial score (nSPS) is 10.5. The van der Waals surface area contributed by atoms with E-state index in [1.807, 2.05) is 24.3 Å². The Morgan fingerprint density at radius 1 is 1.24 bits per heavy atom. The van der Waals surface area contributed by atoms with Crippen molar-refractivity contribution in [1.82, 2.24) is 15.3 Å². The van der Waals surface area contributed by atoms with E-state index in [4.69, 9.17) is 0 Å². The minimum atomic E-state index is -0.209. The number of benzene rings is 1. The van der Waals surface area contributed by atoms with E-state index in [2.05, 4.69) is 20.0 Å². The van der Waals surface area contributed by atoms with Crippen LogP contribution in [0, 0.1) is 0 Å². The first-order valence-electron chi connectivity index (χ1n) is 7.00. The molecule has 0 saturated carbocycles. The van der Waals surface area contributed by atoms with E-state index in [0.29, 0.717) is 18.8 Å². The molecule has 0 fully saturated rings. The van der Waals surface area contributed by atoms with Crippen LogP contribution < -0.4 is 5.32 Å². The molecule has 0 aliphatic carbocycles. The monoisotopic (exact) mass is 289 g/mol. The second-order valence-corrected chi connectivity index (χ2v) is 4.75. The van der Waals surface area contributed by atoms with Crippen molar-refractivity contribution in [3.8, 4) is 0 Å². The van der Waals surface area contributed by atoms with Crippen LogP contribution in [0.3, 0.4) is 0 Å². The van der Waals surface area contributed by atoms with Gasteiger partial charge in [-0.2, -0.15) is 0 Å². The smallest absolute Gasteiger partial charge is 0.305 e. The van der Waals surface area contributed by atoms with Gasteiger partial charge in [-0.1, -0.05) is 18.6 Å². The number of carbonyl (C=O) groups excluding carboxylic acids is 2. The number of unbranched alkanes of at least 4 members (excludes halogenated alkanes) is 2. The van der Waals surface area contributed by atoms with Gasteiger partial charge in [0.05, 0.1) is 18.1 Å². The first kappa shape index (κ1) is 15.0. The molecule has 112 valence electrons. The number of esters is 1. The maximum atomic E-state index is 11.9. The summed E-state index contributed by atoms with van der Waals surface area (Å²) in [5.41, 5.74) is 1.63. The Morgan fingerprint density at radius 2 is 2.05 bits per heavy atom. The largest absolute Gasteiger partial charge is 0.469 e. The zero-order chi connectivity index (χ0) is 15.1. The van der Waals surface area contributed by atoms with Gasteiger partial charge in [0.15, 0.2) is 5.82 Å². The van der Waals surface area contributed by atoms with E-state index in [1.54, 1.807) is 0 Å². The fourth-order valence-electron chi connectivity index (χ4n) is 2.02. The van der Waals surface area contributed by atoms with Crippen LogP contribution in [0.25, 0.3) is 11.0 Å². The van der Waals surface area contributed by atoms with Gasteiger partial charge in [0, 0.05) is 13.0 Å². The van der Waals surface area contributed by atoms with Gasteiger partial charge in [-0.25, -0.2) is 4.98 Å². The highest BCUT2D eigenvalue weighted by molar-refractivity contribution is 5.94. The van der Waals surface area contributed by atoms with Crippen LogP contribution in [0.1, 0.15) is 36.3 Å². The number of hydrogen-bond acceptors (Lipinski definition) is 4. The molecule has 1 aromatic carbocycles. The van der Waals surface area contributed by atoms with E-state index in [1.165, 1.54) is 7.11 Å². The number of ether oxygens (including phenoxy) is 1. The van der Waals surface area contributed by atoms with Crippen molar-refractivity contribution < 1.29 is 14.3 Å². The number of H-pyrrole nitrogens is 1. The van der Waals surface area contributed by atoms with Gasteiger partial charge in [-0.05, 0) is 25.0 Å². The summed E-state index contributed by atoms with van der Waals surface area (Å²) in [6, 6.07) is 7.51. The summed E-state index contributed by atoms with van der Waals surface area (Å²) < 4.78 is 4.56. The van der Waals surface area contributed by atoms with Crippen LogP contribution in [0.15, 0.2) is 24.3 Å². The van der Waals surface area contributed by atoms with E-state index < -0.39 is 0 Å². The fraction of sp³-hybridized carbons (Fsp3) is 0.400. The minimum absolute atomic E-state index is 0.193. The van der Waals surface area contributed by atoms with Gasteiger partial charge < -0.3 is 15.0 Å². The Labute approximate surface area is 122 Å². The standard InChI is InChI=1S/C15H19N3O3/c1-21-13(19)9-3-2-6-10-16-15(20)14-17-11-7-4-5-8-12(11)18-14/h4-5,7-8H,2-3,6,9-10H2,1H3,(H,16,20)(H,17,18). The number of fused-ring (bicyclic) bond motifs is 1. The number of aromatic amines is 1. The number of nitrogens with zero attached hydrogens (tertiary/aromatic N) is 1. The average Bonchev–Trinajstić information content (AvgIpc) is 2.94. The predicted octanol–water partition coefficient (Wildman–Crippen LogP) is 2.03. The molecule has 0 aliphatic heterocycles. The van der Waals surface area contributed by atoms with Crippen molar-refractivity contribution in [3.63, 3.8) is 0 Å². The van der Waals surface area contributed by atoms with Gasteiger partial charge in [0.2, 0.25) is 0 Å². The van der Waals surface area contributed by atoms with Crippen molar-refractivity contribution in [2.24, 2.45) is 0 Å². The quantitative estimate of drug-likeness (QED) is 0.603. The molecule has 0 saturated heterocycles. The molecule has 1 amide bonds. The molecular formula is C15H19N3O3. The number of rotatable bonds is 7. The van der Waals surface area contributed by atoms with Crippen molar-refractivity contribution in [2.75, 3.05) is 13.7 Å². The number of methoxy groups -OCH3 is 1. The van der Waals surface area contributed by atoms with Crippen LogP contribution in [0.5, 0.6) is 0 Å². The number of aromatic nitrogens is 2. The lowest BCUT2D eigenvalue weighted by Crippen LogP contribution is -2.25. The van der Waals surface area contributed by atoms with Gasteiger partial charge in [-0.15, -0.1) is 0 Å². The zero-order valence-corrected chi connectivity index (χ0v) is 12.0. The average molecular weight is 289 g/mol. The van der Waals surface area contributed by atoms with E-state index in [9.17, 15) is 9.59 Å². The fourth-order valence-corrected chi connectivity index (χ4v) is 2.02.